The van der Waals surface area contributed by atoms with Crippen LogP contribution in [0.15, 0.2) is 66.9 Å². The van der Waals surface area contributed by atoms with Gasteiger partial charge in [-0.15, -0.1) is 0 Å². The largest absolute Gasteiger partial charge is 0.350 e. The normalized spacial score (nSPS) is 17.2. The molecule has 36 heavy (non-hydrogen) atoms. The Morgan fingerprint density at radius 2 is 1.78 bits per heavy atom. The summed E-state index contributed by atoms with van der Waals surface area (Å²) in [4.78, 5) is 20.6. The fourth-order valence-electron chi connectivity index (χ4n) is 5.10. The van der Waals surface area contributed by atoms with Crippen molar-refractivity contribution in [1.29, 1.82) is 0 Å². The molecule has 0 spiro atoms. The number of likely N-dealkylation sites (tertiary alicyclic amines) is 1. The van der Waals surface area contributed by atoms with Crippen LogP contribution in [0.1, 0.15) is 28.8 Å². The molecule has 7 nitrogen and oxygen atoms in total. The van der Waals surface area contributed by atoms with Gasteiger partial charge in [-0.25, -0.2) is 14.1 Å². The van der Waals surface area contributed by atoms with Gasteiger partial charge in [-0.1, -0.05) is 42.5 Å². The second-order valence-electron chi connectivity index (χ2n) is 9.33. The molecule has 2 aromatic carbocycles. The van der Waals surface area contributed by atoms with Gasteiger partial charge in [-0.2, -0.15) is 5.10 Å². The number of carbonyl (C=O) groups excluding carboxylic acids is 1. The van der Waals surface area contributed by atoms with Gasteiger partial charge in [0.2, 0.25) is 0 Å². The Hall–Kier alpha value is -3.62. The SMILES string of the molecule is O=C(c1cc(-c2ccccc2)nc2c1cnn2Cc1cccc(F)c1)N1CCC(C2OCCO2)CC1. The number of fused-ring (bicyclic) bond motifs is 1. The lowest BCUT2D eigenvalue weighted by Crippen LogP contribution is -2.41. The van der Waals surface area contributed by atoms with Crippen molar-refractivity contribution >= 4 is 16.9 Å². The average Bonchev–Trinajstić information content (AvgIpc) is 3.59. The molecule has 2 saturated heterocycles. The van der Waals surface area contributed by atoms with E-state index >= 15 is 0 Å². The van der Waals surface area contributed by atoms with Crippen LogP contribution >= 0.6 is 0 Å². The third-order valence-electron chi connectivity index (χ3n) is 6.99. The van der Waals surface area contributed by atoms with Gasteiger partial charge in [0, 0.05) is 24.6 Å². The number of rotatable bonds is 5. The van der Waals surface area contributed by atoms with E-state index in [2.05, 4.69) is 5.10 Å². The van der Waals surface area contributed by atoms with Crippen LogP contribution in [0.5, 0.6) is 0 Å². The highest BCUT2D eigenvalue weighted by atomic mass is 19.1. The number of hydrogen-bond donors (Lipinski definition) is 0. The summed E-state index contributed by atoms with van der Waals surface area (Å²) in [6.45, 7) is 2.93. The van der Waals surface area contributed by atoms with Gasteiger partial charge >= 0.3 is 0 Å². The van der Waals surface area contributed by atoms with E-state index in [1.54, 1.807) is 16.9 Å². The minimum Gasteiger partial charge on any atom is -0.350 e. The maximum atomic E-state index is 13.8. The zero-order valence-electron chi connectivity index (χ0n) is 19.8. The predicted octanol–water partition coefficient (Wildman–Crippen LogP) is 4.51. The van der Waals surface area contributed by atoms with Gasteiger partial charge < -0.3 is 14.4 Å². The summed E-state index contributed by atoms with van der Waals surface area (Å²) in [7, 11) is 0. The van der Waals surface area contributed by atoms with E-state index in [0.29, 0.717) is 61.1 Å². The van der Waals surface area contributed by atoms with Crippen LogP contribution in [0, 0.1) is 11.7 Å². The number of nitrogens with zero attached hydrogens (tertiary/aromatic N) is 4. The Balaban J connectivity index is 1.34. The van der Waals surface area contributed by atoms with Crippen LogP contribution < -0.4 is 0 Å². The highest BCUT2D eigenvalue weighted by Gasteiger charge is 2.32. The first-order chi connectivity index (χ1) is 17.7. The van der Waals surface area contributed by atoms with Crippen molar-refractivity contribution in [3.05, 3.63) is 83.8 Å². The molecule has 0 saturated carbocycles. The lowest BCUT2D eigenvalue weighted by molar-refractivity contribution is -0.0956. The molecule has 0 N–H and O–H groups in total. The molecule has 4 heterocycles. The Labute approximate surface area is 208 Å². The quantitative estimate of drug-likeness (QED) is 0.415. The Kier molecular flexibility index (Phi) is 6.21. The topological polar surface area (TPSA) is 69.5 Å². The van der Waals surface area contributed by atoms with Gasteiger partial charge in [0.1, 0.15) is 5.82 Å². The Bertz CT molecular complexity index is 1380. The lowest BCUT2D eigenvalue weighted by Gasteiger charge is -2.34. The summed E-state index contributed by atoms with van der Waals surface area (Å²) < 4.78 is 26.9. The molecule has 8 heteroatoms. The van der Waals surface area contributed by atoms with Crippen molar-refractivity contribution in [3.63, 3.8) is 0 Å². The molecule has 6 rings (SSSR count). The molecule has 0 aliphatic carbocycles. The van der Waals surface area contributed by atoms with Crippen LogP contribution in [0.3, 0.4) is 0 Å². The molecule has 2 aliphatic rings. The van der Waals surface area contributed by atoms with Gasteiger partial charge in [0.05, 0.1) is 42.6 Å². The number of ether oxygens (including phenoxy) is 2. The van der Waals surface area contributed by atoms with E-state index in [1.807, 2.05) is 47.4 Å². The molecule has 0 bridgehead atoms. The Morgan fingerprint density at radius 3 is 2.53 bits per heavy atom. The monoisotopic (exact) mass is 486 g/mol. The average molecular weight is 487 g/mol. The van der Waals surface area contributed by atoms with Crippen molar-refractivity contribution in [2.24, 2.45) is 5.92 Å². The summed E-state index contributed by atoms with van der Waals surface area (Å²) in [6.07, 6.45) is 3.22. The van der Waals surface area contributed by atoms with Crippen LogP contribution in [-0.4, -0.2) is 58.2 Å². The molecule has 2 aromatic heterocycles. The number of carbonyl (C=O) groups is 1. The summed E-state index contributed by atoms with van der Waals surface area (Å²) in [6, 6.07) is 18.1. The zero-order chi connectivity index (χ0) is 24.5. The molecule has 0 atom stereocenters. The van der Waals surface area contributed by atoms with Crippen LogP contribution in [0.2, 0.25) is 0 Å². The minimum absolute atomic E-state index is 0.0309. The molecular weight excluding hydrogens is 459 g/mol. The molecule has 1 amide bonds. The number of hydrogen-bond acceptors (Lipinski definition) is 5. The fraction of sp³-hybridized carbons (Fsp3) is 0.321. The van der Waals surface area contributed by atoms with E-state index in [4.69, 9.17) is 14.5 Å². The highest BCUT2D eigenvalue weighted by Crippen LogP contribution is 2.30. The van der Waals surface area contributed by atoms with Gasteiger partial charge in [0.25, 0.3) is 5.91 Å². The molecular formula is C28H27FN4O3. The summed E-state index contributed by atoms with van der Waals surface area (Å²) >= 11 is 0. The minimum atomic E-state index is -0.297. The predicted molar refractivity (Wildman–Crippen MR) is 133 cm³/mol. The first kappa shape index (κ1) is 22.8. The first-order valence-electron chi connectivity index (χ1n) is 12.3. The molecule has 4 aromatic rings. The van der Waals surface area contributed by atoms with E-state index in [-0.39, 0.29) is 18.0 Å². The van der Waals surface area contributed by atoms with Crippen LogP contribution in [-0.2, 0) is 16.0 Å². The number of piperidine rings is 1. The molecule has 0 unspecified atom stereocenters. The van der Waals surface area contributed by atoms with Crippen molar-refractivity contribution in [1.82, 2.24) is 19.7 Å². The van der Waals surface area contributed by atoms with Gasteiger partial charge in [-0.05, 0) is 36.6 Å². The molecule has 0 radical (unpaired) electrons. The van der Waals surface area contributed by atoms with E-state index < -0.39 is 0 Å². The van der Waals surface area contributed by atoms with Crippen molar-refractivity contribution in [2.75, 3.05) is 26.3 Å². The second-order valence-corrected chi connectivity index (χ2v) is 9.33. The van der Waals surface area contributed by atoms with Crippen molar-refractivity contribution in [2.45, 2.75) is 25.7 Å². The standard InChI is InChI=1S/C28H27FN4O3/c29-22-8-4-5-19(15-22)18-33-26-24(17-30-33)23(16-25(31-26)20-6-2-1-3-7-20)27(34)32-11-9-21(10-12-32)28-35-13-14-36-28/h1-8,15-17,21,28H,9-14,18H2. The second kappa shape index (κ2) is 9.79. The maximum Gasteiger partial charge on any atom is 0.254 e. The third-order valence-corrected chi connectivity index (χ3v) is 6.99. The van der Waals surface area contributed by atoms with Gasteiger partial charge in [-0.3, -0.25) is 4.79 Å². The van der Waals surface area contributed by atoms with Crippen LogP contribution in [0.25, 0.3) is 22.3 Å². The highest BCUT2D eigenvalue weighted by molar-refractivity contribution is 6.06. The van der Waals surface area contributed by atoms with Crippen LogP contribution in [0.4, 0.5) is 4.39 Å². The van der Waals surface area contributed by atoms with Gasteiger partial charge in [0.15, 0.2) is 11.9 Å². The smallest absolute Gasteiger partial charge is 0.254 e. The zero-order valence-corrected chi connectivity index (χ0v) is 19.8. The molecule has 2 aliphatic heterocycles. The summed E-state index contributed by atoms with van der Waals surface area (Å²) in [5.74, 6) is -0.0194. The number of pyridine rings is 1. The fourth-order valence-corrected chi connectivity index (χ4v) is 5.10. The van der Waals surface area contributed by atoms with Crippen molar-refractivity contribution < 1.29 is 18.7 Å². The maximum absolute atomic E-state index is 13.8. The van der Waals surface area contributed by atoms with E-state index in [9.17, 15) is 9.18 Å². The van der Waals surface area contributed by atoms with E-state index in [1.165, 1.54) is 12.1 Å². The molecule has 184 valence electrons. The number of amides is 1. The molecule has 2 fully saturated rings. The summed E-state index contributed by atoms with van der Waals surface area (Å²) in [5, 5.41) is 5.23. The number of aromatic nitrogens is 3. The first-order valence-corrected chi connectivity index (χ1v) is 12.3. The van der Waals surface area contributed by atoms with Crippen molar-refractivity contribution in [3.8, 4) is 11.3 Å². The number of halogens is 1. The lowest BCUT2D eigenvalue weighted by atomic mass is 9.95. The number of benzene rings is 2. The van der Waals surface area contributed by atoms with E-state index in [0.717, 1.165) is 24.0 Å². The third kappa shape index (κ3) is 4.50. The summed E-state index contributed by atoms with van der Waals surface area (Å²) in [5.41, 5.74) is 3.58. The Morgan fingerprint density at radius 1 is 1.00 bits per heavy atom.